The first-order chi connectivity index (χ1) is 14.7. The molecule has 0 unspecified atom stereocenters. The lowest BCUT2D eigenvalue weighted by Crippen LogP contribution is -2.52. The summed E-state index contributed by atoms with van der Waals surface area (Å²) in [6, 6.07) is 0.0563. The van der Waals surface area contributed by atoms with Crippen LogP contribution in [0.15, 0.2) is 0 Å². The molecule has 1 saturated heterocycles. The molecule has 6 nitrogen and oxygen atoms in total. The molecule has 1 saturated carbocycles. The first-order valence-corrected chi connectivity index (χ1v) is 12.7. The Morgan fingerprint density at radius 2 is 1.80 bits per heavy atom. The highest BCUT2D eigenvalue weighted by Gasteiger charge is 2.29. The lowest BCUT2D eigenvalue weighted by Gasteiger charge is -2.36. The van der Waals surface area contributed by atoms with E-state index in [2.05, 4.69) is 10.2 Å². The summed E-state index contributed by atoms with van der Waals surface area (Å²) in [6.45, 7) is 5.84. The number of anilines is 1. The molecular formula is C23H33N5OS. The molecule has 3 heterocycles. The van der Waals surface area contributed by atoms with Gasteiger partial charge in [0, 0.05) is 43.5 Å². The lowest BCUT2D eigenvalue weighted by atomic mass is 9.88. The van der Waals surface area contributed by atoms with Crippen molar-refractivity contribution < 1.29 is 4.79 Å². The number of aromatic nitrogens is 2. The lowest BCUT2D eigenvalue weighted by molar-refractivity contribution is 0.195. The largest absolute Gasteiger partial charge is 0.352 e. The zero-order chi connectivity index (χ0) is 20.5. The maximum Gasteiger partial charge on any atom is 0.317 e. The van der Waals surface area contributed by atoms with E-state index in [9.17, 15) is 4.79 Å². The van der Waals surface area contributed by atoms with Gasteiger partial charge in [-0.3, -0.25) is 0 Å². The molecule has 30 heavy (non-hydrogen) atoms. The highest BCUT2D eigenvalue weighted by Crippen LogP contribution is 2.42. The molecule has 0 atom stereocenters. The molecule has 2 aliphatic carbocycles. The monoisotopic (exact) mass is 427 g/mol. The molecule has 5 rings (SSSR count). The molecule has 2 fully saturated rings. The summed E-state index contributed by atoms with van der Waals surface area (Å²) in [5.74, 6) is 2.73. The van der Waals surface area contributed by atoms with Crippen molar-refractivity contribution in [2.75, 3.05) is 37.6 Å². The van der Waals surface area contributed by atoms with Crippen LogP contribution in [0.5, 0.6) is 0 Å². The van der Waals surface area contributed by atoms with Gasteiger partial charge in [0.15, 0.2) is 0 Å². The summed E-state index contributed by atoms with van der Waals surface area (Å²) in [5, 5.41) is 4.25. The van der Waals surface area contributed by atoms with Crippen molar-refractivity contribution in [3.63, 3.8) is 0 Å². The van der Waals surface area contributed by atoms with E-state index >= 15 is 0 Å². The molecular weight excluding hydrogens is 394 g/mol. The second-order valence-corrected chi connectivity index (χ2v) is 10.0. The summed E-state index contributed by atoms with van der Waals surface area (Å²) < 4.78 is 0. The van der Waals surface area contributed by atoms with Crippen molar-refractivity contribution >= 4 is 33.4 Å². The van der Waals surface area contributed by atoms with E-state index in [-0.39, 0.29) is 6.03 Å². The molecule has 3 aliphatic rings. The summed E-state index contributed by atoms with van der Waals surface area (Å²) in [5.41, 5.74) is 1.51. The Kier molecular flexibility index (Phi) is 5.81. The number of hydrogen-bond donors (Lipinski definition) is 1. The van der Waals surface area contributed by atoms with Crippen molar-refractivity contribution in [3.05, 3.63) is 16.3 Å². The third kappa shape index (κ3) is 3.77. The zero-order valence-corrected chi connectivity index (χ0v) is 18.9. The molecule has 0 spiro atoms. The number of urea groups is 1. The van der Waals surface area contributed by atoms with Gasteiger partial charge < -0.3 is 15.1 Å². The SMILES string of the molecule is CCNC(=O)N1CCN(c2nc(C3CCCCC3)nc3sc4c(c23)CCCC4)CC1. The average Bonchev–Trinajstić information content (AvgIpc) is 3.18. The maximum atomic E-state index is 12.2. The number of nitrogens with one attached hydrogen (secondary N) is 1. The normalized spacial score (nSPS) is 20.4. The van der Waals surface area contributed by atoms with E-state index in [1.54, 1.807) is 0 Å². The number of hydrogen-bond acceptors (Lipinski definition) is 5. The van der Waals surface area contributed by atoms with Gasteiger partial charge in [-0.25, -0.2) is 14.8 Å². The van der Waals surface area contributed by atoms with Crippen LogP contribution >= 0.6 is 11.3 Å². The summed E-state index contributed by atoms with van der Waals surface area (Å²) in [7, 11) is 0. The fraction of sp³-hybridized carbons (Fsp3) is 0.696. The summed E-state index contributed by atoms with van der Waals surface area (Å²) >= 11 is 1.92. The van der Waals surface area contributed by atoms with E-state index in [4.69, 9.17) is 9.97 Å². The molecule has 162 valence electrons. The molecule has 0 radical (unpaired) electrons. The Morgan fingerprint density at radius 3 is 2.57 bits per heavy atom. The van der Waals surface area contributed by atoms with Crippen LogP contribution in [0, 0.1) is 0 Å². The Morgan fingerprint density at radius 1 is 1.03 bits per heavy atom. The summed E-state index contributed by atoms with van der Waals surface area (Å²) in [6.07, 6.45) is 11.3. The van der Waals surface area contributed by atoms with Crippen LogP contribution < -0.4 is 10.2 Å². The molecule has 0 bridgehead atoms. The van der Waals surface area contributed by atoms with Crippen LogP contribution in [-0.4, -0.2) is 53.6 Å². The van der Waals surface area contributed by atoms with Gasteiger partial charge in [0.05, 0.1) is 5.39 Å². The van der Waals surface area contributed by atoms with Crippen LogP contribution in [0.1, 0.15) is 74.1 Å². The van der Waals surface area contributed by atoms with Crippen LogP contribution in [-0.2, 0) is 12.8 Å². The second-order valence-electron chi connectivity index (χ2n) is 8.94. The standard InChI is InChI=1S/C23H33N5OS/c1-2-24-23(29)28-14-12-27(13-15-28)21-19-17-10-6-7-11-18(17)30-22(19)26-20(25-21)16-8-4-3-5-9-16/h16H,2-15H2,1H3,(H,24,29). The number of amides is 2. The smallest absolute Gasteiger partial charge is 0.317 e. The molecule has 2 aromatic heterocycles. The van der Waals surface area contributed by atoms with E-state index in [0.29, 0.717) is 12.5 Å². The van der Waals surface area contributed by atoms with Gasteiger partial charge in [-0.2, -0.15) is 0 Å². The number of rotatable bonds is 3. The van der Waals surface area contributed by atoms with Crippen LogP contribution in [0.3, 0.4) is 0 Å². The van der Waals surface area contributed by atoms with Crippen LogP contribution in [0.2, 0.25) is 0 Å². The van der Waals surface area contributed by atoms with Gasteiger partial charge in [-0.1, -0.05) is 19.3 Å². The van der Waals surface area contributed by atoms with E-state index in [1.807, 2.05) is 23.2 Å². The topological polar surface area (TPSA) is 61.4 Å². The molecule has 2 amide bonds. The molecule has 2 aromatic rings. The van der Waals surface area contributed by atoms with Crippen molar-refractivity contribution in [2.24, 2.45) is 0 Å². The third-order valence-corrected chi connectivity index (χ3v) is 8.16. The summed E-state index contributed by atoms with van der Waals surface area (Å²) in [4.78, 5) is 29.7. The van der Waals surface area contributed by atoms with Gasteiger partial charge in [0.1, 0.15) is 16.5 Å². The number of thiophene rings is 1. The third-order valence-electron chi connectivity index (χ3n) is 6.98. The maximum absolute atomic E-state index is 12.2. The van der Waals surface area contributed by atoms with Crippen molar-refractivity contribution in [1.82, 2.24) is 20.2 Å². The van der Waals surface area contributed by atoms with Crippen molar-refractivity contribution in [3.8, 4) is 0 Å². The number of carbonyl (C=O) groups is 1. The molecule has 1 N–H and O–H groups in total. The zero-order valence-electron chi connectivity index (χ0n) is 18.1. The number of piperazine rings is 1. The minimum atomic E-state index is 0.0563. The van der Waals surface area contributed by atoms with Gasteiger partial charge in [0.2, 0.25) is 0 Å². The Hall–Kier alpha value is -1.89. The number of fused-ring (bicyclic) bond motifs is 3. The first kappa shape index (κ1) is 20.0. The van der Waals surface area contributed by atoms with Crippen molar-refractivity contribution in [1.29, 1.82) is 0 Å². The van der Waals surface area contributed by atoms with Crippen LogP contribution in [0.25, 0.3) is 10.2 Å². The molecule has 1 aliphatic heterocycles. The van der Waals surface area contributed by atoms with Gasteiger partial charge >= 0.3 is 6.03 Å². The Labute approximate surface area is 183 Å². The van der Waals surface area contributed by atoms with Gasteiger partial charge in [0.25, 0.3) is 0 Å². The van der Waals surface area contributed by atoms with E-state index < -0.39 is 0 Å². The first-order valence-electron chi connectivity index (χ1n) is 11.8. The molecule has 0 aromatic carbocycles. The predicted molar refractivity (Wildman–Crippen MR) is 123 cm³/mol. The minimum absolute atomic E-state index is 0.0563. The highest BCUT2D eigenvalue weighted by atomic mass is 32.1. The number of aryl methyl sites for hydroxylation is 2. The Bertz CT molecular complexity index is 912. The average molecular weight is 428 g/mol. The predicted octanol–water partition coefficient (Wildman–Crippen LogP) is 4.47. The molecule has 7 heteroatoms. The van der Waals surface area contributed by atoms with Gasteiger partial charge in [-0.15, -0.1) is 11.3 Å². The van der Waals surface area contributed by atoms with Gasteiger partial charge in [-0.05, 0) is 51.0 Å². The highest BCUT2D eigenvalue weighted by molar-refractivity contribution is 7.19. The number of nitrogens with zero attached hydrogens (tertiary/aromatic N) is 4. The fourth-order valence-corrected chi connectivity index (χ4v) is 6.57. The minimum Gasteiger partial charge on any atom is -0.352 e. The Balaban J connectivity index is 1.49. The number of carbonyl (C=O) groups excluding carboxylic acids is 1. The van der Waals surface area contributed by atoms with E-state index in [0.717, 1.165) is 44.2 Å². The second kappa shape index (κ2) is 8.69. The fourth-order valence-electron chi connectivity index (χ4n) is 5.31. The van der Waals surface area contributed by atoms with E-state index in [1.165, 1.54) is 72.0 Å². The van der Waals surface area contributed by atoms with Crippen molar-refractivity contribution in [2.45, 2.75) is 70.6 Å². The quantitative estimate of drug-likeness (QED) is 0.785. The van der Waals surface area contributed by atoms with Crippen LogP contribution in [0.4, 0.5) is 10.6 Å².